The molecule has 0 aliphatic carbocycles. The molecule has 2 aromatic carbocycles. The van der Waals surface area contributed by atoms with Gasteiger partial charge in [-0.2, -0.15) is 0 Å². The van der Waals surface area contributed by atoms with Crippen molar-refractivity contribution in [3.8, 4) is 11.5 Å². The van der Waals surface area contributed by atoms with Crippen LogP contribution in [0.1, 0.15) is 6.42 Å². The zero-order valence-corrected chi connectivity index (χ0v) is 14.5. The molecule has 1 atom stereocenters. The maximum Gasteiger partial charge on any atom is 0.277 e. The number of ether oxygens (including phenoxy) is 2. The van der Waals surface area contributed by atoms with E-state index in [9.17, 15) is 9.59 Å². The normalized spacial score (nSPS) is 15.5. The summed E-state index contributed by atoms with van der Waals surface area (Å²) in [4.78, 5) is 24.5. The predicted molar refractivity (Wildman–Crippen MR) is 97.8 cm³/mol. The summed E-state index contributed by atoms with van der Waals surface area (Å²) in [6.07, 6.45) is -0.135. The number of aromatic nitrogens is 3. The van der Waals surface area contributed by atoms with Gasteiger partial charge in [-0.25, -0.2) is 4.68 Å². The Labute approximate surface area is 154 Å². The molecule has 0 bridgehead atoms. The summed E-state index contributed by atoms with van der Waals surface area (Å²) in [6.45, 7) is 0.853. The largest absolute Gasteiger partial charge is 0.486 e. The van der Waals surface area contributed by atoms with Crippen LogP contribution < -0.4 is 20.3 Å². The highest BCUT2D eigenvalue weighted by Crippen LogP contribution is 2.30. The van der Waals surface area contributed by atoms with Gasteiger partial charge in [0.1, 0.15) is 18.2 Å². The van der Waals surface area contributed by atoms with Crippen LogP contribution in [-0.4, -0.2) is 40.2 Å². The van der Waals surface area contributed by atoms with E-state index < -0.39 is 0 Å². The van der Waals surface area contributed by atoms with E-state index in [1.54, 1.807) is 24.3 Å². The molecule has 0 saturated heterocycles. The molecule has 2 heterocycles. The number of carbonyl (C=O) groups excluding carboxylic acids is 1. The molecule has 1 aromatic heterocycles. The van der Waals surface area contributed by atoms with Gasteiger partial charge in [-0.05, 0) is 24.3 Å². The lowest BCUT2D eigenvalue weighted by molar-refractivity contribution is -0.121. The summed E-state index contributed by atoms with van der Waals surface area (Å²) < 4.78 is 12.6. The van der Waals surface area contributed by atoms with Crippen LogP contribution >= 0.6 is 0 Å². The monoisotopic (exact) mass is 366 g/mol. The second kappa shape index (κ2) is 7.45. The summed E-state index contributed by atoms with van der Waals surface area (Å²) in [6, 6.07) is 14.4. The first-order valence-corrected chi connectivity index (χ1v) is 8.68. The molecular weight excluding hydrogens is 348 g/mol. The van der Waals surface area contributed by atoms with Gasteiger partial charge in [0.05, 0.1) is 18.5 Å². The van der Waals surface area contributed by atoms with Gasteiger partial charge in [-0.1, -0.05) is 29.5 Å². The molecule has 1 amide bonds. The summed E-state index contributed by atoms with van der Waals surface area (Å²) in [5.74, 6) is 1.18. The topological polar surface area (TPSA) is 95.3 Å². The molecule has 8 nitrogen and oxygen atoms in total. The lowest BCUT2D eigenvalue weighted by Gasteiger charge is -2.26. The molecule has 1 aliphatic rings. The third-order valence-corrected chi connectivity index (χ3v) is 4.27. The molecule has 0 spiro atoms. The van der Waals surface area contributed by atoms with Gasteiger partial charge >= 0.3 is 0 Å². The molecule has 0 saturated carbocycles. The van der Waals surface area contributed by atoms with Gasteiger partial charge < -0.3 is 14.8 Å². The highest BCUT2D eigenvalue weighted by Gasteiger charge is 2.21. The molecule has 1 N–H and O–H groups in total. The van der Waals surface area contributed by atoms with Gasteiger partial charge in [-0.15, -0.1) is 5.10 Å². The molecule has 0 fully saturated rings. The first-order valence-electron chi connectivity index (χ1n) is 8.68. The molecule has 138 valence electrons. The van der Waals surface area contributed by atoms with Crippen LogP contribution in [-0.2, 0) is 11.3 Å². The van der Waals surface area contributed by atoms with E-state index in [0.717, 1.165) is 0 Å². The van der Waals surface area contributed by atoms with Crippen LogP contribution in [0.5, 0.6) is 11.5 Å². The second-order valence-corrected chi connectivity index (χ2v) is 6.19. The first kappa shape index (κ1) is 17.0. The SMILES string of the molecule is O=C(CCn1nnc2ccccc2c1=O)NC[C@@H]1COc2ccccc2O1. The molecule has 0 radical (unpaired) electrons. The molecule has 27 heavy (non-hydrogen) atoms. The van der Waals surface area contributed by atoms with Crippen molar-refractivity contribution >= 4 is 16.8 Å². The van der Waals surface area contributed by atoms with Gasteiger partial charge in [0.2, 0.25) is 5.91 Å². The maximum atomic E-state index is 12.4. The van der Waals surface area contributed by atoms with Crippen LogP contribution in [0.15, 0.2) is 53.3 Å². The Balaban J connectivity index is 1.31. The van der Waals surface area contributed by atoms with Gasteiger partial charge in [0.25, 0.3) is 5.56 Å². The smallest absolute Gasteiger partial charge is 0.277 e. The maximum absolute atomic E-state index is 12.4. The Bertz CT molecular complexity index is 1030. The number of amides is 1. The van der Waals surface area contributed by atoms with Crippen molar-refractivity contribution in [2.24, 2.45) is 0 Å². The van der Waals surface area contributed by atoms with E-state index in [-0.39, 0.29) is 30.5 Å². The standard InChI is InChI=1S/C19H18N4O4/c24-18(20-11-13-12-26-16-7-3-4-8-17(16)27-13)9-10-23-19(25)14-5-1-2-6-15(14)21-22-23/h1-8,13H,9-12H2,(H,20,24)/t13-/m1/s1. The van der Waals surface area contributed by atoms with Crippen LogP contribution in [0, 0.1) is 0 Å². The Kier molecular flexibility index (Phi) is 4.69. The fraction of sp³-hybridized carbons (Fsp3) is 0.263. The Hall–Kier alpha value is -3.42. The molecule has 8 heteroatoms. The average Bonchev–Trinajstić information content (AvgIpc) is 2.72. The minimum absolute atomic E-state index is 0.122. The number of benzene rings is 2. The molecule has 0 unspecified atom stereocenters. The van der Waals surface area contributed by atoms with Crippen LogP contribution in [0.4, 0.5) is 0 Å². The van der Waals surface area contributed by atoms with Crippen molar-refractivity contribution in [2.45, 2.75) is 19.1 Å². The summed E-state index contributed by atoms with van der Waals surface area (Å²) >= 11 is 0. The fourth-order valence-electron chi connectivity index (χ4n) is 2.86. The van der Waals surface area contributed by atoms with Gasteiger partial charge in [-0.3, -0.25) is 9.59 Å². The van der Waals surface area contributed by atoms with Gasteiger partial charge in [0, 0.05) is 6.42 Å². The number of para-hydroxylation sites is 2. The van der Waals surface area contributed by atoms with Crippen molar-refractivity contribution in [1.82, 2.24) is 20.3 Å². The van der Waals surface area contributed by atoms with Crippen molar-refractivity contribution in [3.63, 3.8) is 0 Å². The minimum Gasteiger partial charge on any atom is -0.486 e. The van der Waals surface area contributed by atoms with Crippen LogP contribution in [0.25, 0.3) is 10.9 Å². The lowest BCUT2D eigenvalue weighted by atomic mass is 10.2. The summed E-state index contributed by atoms with van der Waals surface area (Å²) in [5, 5.41) is 11.2. The molecular formula is C19H18N4O4. The highest BCUT2D eigenvalue weighted by molar-refractivity contribution is 5.77. The Morgan fingerprint density at radius 3 is 2.81 bits per heavy atom. The predicted octanol–water partition coefficient (Wildman–Crippen LogP) is 1.14. The summed E-state index contributed by atoms with van der Waals surface area (Å²) in [5.41, 5.74) is 0.284. The number of fused-ring (bicyclic) bond motifs is 2. The molecule has 4 rings (SSSR count). The quantitative estimate of drug-likeness (QED) is 0.728. The minimum atomic E-state index is -0.257. The van der Waals surface area contributed by atoms with Crippen LogP contribution in [0.2, 0.25) is 0 Å². The molecule has 1 aliphatic heterocycles. The van der Waals surface area contributed by atoms with Crippen molar-refractivity contribution in [3.05, 3.63) is 58.9 Å². The third-order valence-electron chi connectivity index (χ3n) is 4.27. The number of aryl methyl sites for hydroxylation is 1. The Morgan fingerprint density at radius 2 is 1.93 bits per heavy atom. The molecule has 3 aromatic rings. The van der Waals surface area contributed by atoms with Crippen molar-refractivity contribution in [1.29, 1.82) is 0 Å². The Morgan fingerprint density at radius 1 is 1.15 bits per heavy atom. The highest BCUT2D eigenvalue weighted by atomic mass is 16.6. The second-order valence-electron chi connectivity index (χ2n) is 6.19. The number of hydrogen-bond acceptors (Lipinski definition) is 6. The third kappa shape index (κ3) is 3.74. The van der Waals surface area contributed by atoms with E-state index >= 15 is 0 Å². The van der Waals surface area contributed by atoms with E-state index in [0.29, 0.717) is 35.6 Å². The number of nitrogens with zero attached hydrogens (tertiary/aromatic N) is 3. The summed E-state index contributed by atoms with van der Waals surface area (Å²) in [7, 11) is 0. The van der Waals surface area contributed by atoms with Crippen molar-refractivity contribution < 1.29 is 14.3 Å². The van der Waals surface area contributed by atoms with Crippen LogP contribution in [0.3, 0.4) is 0 Å². The van der Waals surface area contributed by atoms with Gasteiger partial charge in [0.15, 0.2) is 11.5 Å². The number of hydrogen-bond donors (Lipinski definition) is 1. The lowest BCUT2D eigenvalue weighted by Crippen LogP contribution is -2.41. The van der Waals surface area contributed by atoms with E-state index in [1.165, 1.54) is 4.68 Å². The van der Waals surface area contributed by atoms with Crippen molar-refractivity contribution in [2.75, 3.05) is 13.2 Å². The number of carbonyl (C=O) groups is 1. The van der Waals surface area contributed by atoms with E-state index in [1.807, 2.05) is 24.3 Å². The average molecular weight is 366 g/mol. The number of nitrogens with one attached hydrogen (secondary N) is 1. The fourth-order valence-corrected chi connectivity index (χ4v) is 2.86. The number of rotatable bonds is 5. The van der Waals surface area contributed by atoms with E-state index in [4.69, 9.17) is 9.47 Å². The zero-order chi connectivity index (χ0) is 18.6. The first-order chi connectivity index (χ1) is 13.2. The zero-order valence-electron chi connectivity index (χ0n) is 14.5. The van der Waals surface area contributed by atoms with E-state index in [2.05, 4.69) is 15.6 Å².